The molecule has 0 radical (unpaired) electrons. The number of nitrogens with zero attached hydrogens (tertiary/aromatic N) is 2. The molecular weight excluding hydrogens is 390 g/mol. The van der Waals surface area contributed by atoms with Crippen LogP contribution in [-0.4, -0.2) is 22.6 Å². The normalized spacial score (nSPS) is 19.0. The summed E-state index contributed by atoms with van der Waals surface area (Å²) in [5, 5.41) is 4.32. The summed E-state index contributed by atoms with van der Waals surface area (Å²) in [6.45, 7) is 5.29. The number of aromatic nitrogens is 2. The number of halogens is 1. The maximum absolute atomic E-state index is 6.51. The van der Waals surface area contributed by atoms with Crippen molar-refractivity contribution in [3.63, 3.8) is 0 Å². The lowest BCUT2D eigenvalue weighted by atomic mass is 9.76. The molecule has 1 saturated heterocycles. The number of hydrogen-bond acceptors (Lipinski definition) is 2. The van der Waals surface area contributed by atoms with Crippen LogP contribution in [0.3, 0.4) is 0 Å². The van der Waals surface area contributed by atoms with Gasteiger partial charge >= 0.3 is 0 Å². The first-order valence-corrected chi connectivity index (χ1v) is 11.4. The summed E-state index contributed by atoms with van der Waals surface area (Å²) in [6.07, 6.45) is 9.80. The Bertz CT molecular complexity index is 1080. The SMILES string of the molecule is Cc1cccn1CCC1=Cc2cccnc2C(C2CCNCC2)c2ccc(Cl)cc21. The summed E-state index contributed by atoms with van der Waals surface area (Å²) in [6, 6.07) is 15.0. The highest BCUT2D eigenvalue weighted by Crippen LogP contribution is 2.45. The van der Waals surface area contributed by atoms with Gasteiger partial charge in [-0.05, 0) is 104 Å². The molecule has 30 heavy (non-hydrogen) atoms. The van der Waals surface area contributed by atoms with Gasteiger partial charge in [-0.25, -0.2) is 0 Å². The molecule has 0 bridgehead atoms. The van der Waals surface area contributed by atoms with E-state index in [-0.39, 0.29) is 0 Å². The fourth-order valence-electron chi connectivity index (χ4n) is 5.16. The maximum atomic E-state index is 6.51. The molecule has 3 nitrogen and oxygen atoms in total. The molecular formula is C26H28ClN3. The van der Waals surface area contributed by atoms with Crippen LogP contribution in [0.5, 0.6) is 0 Å². The third kappa shape index (κ3) is 3.73. The fraction of sp³-hybridized carbons (Fsp3) is 0.346. The number of pyridine rings is 1. The second kappa shape index (κ2) is 8.41. The topological polar surface area (TPSA) is 29.9 Å². The molecule has 3 heterocycles. The van der Waals surface area contributed by atoms with Crippen molar-refractivity contribution in [2.45, 2.75) is 38.6 Å². The van der Waals surface area contributed by atoms with Gasteiger partial charge in [0.05, 0.1) is 5.69 Å². The van der Waals surface area contributed by atoms with E-state index in [2.05, 4.69) is 71.5 Å². The van der Waals surface area contributed by atoms with Crippen molar-refractivity contribution in [2.75, 3.05) is 13.1 Å². The predicted molar refractivity (Wildman–Crippen MR) is 125 cm³/mol. The van der Waals surface area contributed by atoms with Crippen LogP contribution in [0.4, 0.5) is 0 Å². The Morgan fingerprint density at radius 3 is 2.80 bits per heavy atom. The van der Waals surface area contributed by atoms with Crippen LogP contribution < -0.4 is 5.32 Å². The van der Waals surface area contributed by atoms with Gasteiger partial charge in [0.15, 0.2) is 0 Å². The molecule has 4 heteroatoms. The van der Waals surface area contributed by atoms with Gasteiger partial charge in [0, 0.05) is 35.6 Å². The number of hydrogen-bond donors (Lipinski definition) is 1. The van der Waals surface area contributed by atoms with E-state index in [1.165, 1.54) is 46.5 Å². The number of fused-ring (bicyclic) bond motifs is 2. The molecule has 0 spiro atoms. The highest BCUT2D eigenvalue weighted by Gasteiger charge is 2.32. The van der Waals surface area contributed by atoms with E-state index in [0.29, 0.717) is 11.8 Å². The average molecular weight is 418 g/mol. The van der Waals surface area contributed by atoms with E-state index in [1.54, 1.807) is 0 Å². The quantitative estimate of drug-likeness (QED) is 0.570. The van der Waals surface area contributed by atoms with Crippen molar-refractivity contribution >= 4 is 23.3 Å². The summed E-state index contributed by atoms with van der Waals surface area (Å²) in [4.78, 5) is 4.91. The van der Waals surface area contributed by atoms with Crippen LogP contribution in [0, 0.1) is 12.8 Å². The zero-order valence-electron chi connectivity index (χ0n) is 17.4. The minimum absolute atomic E-state index is 0.317. The zero-order valence-corrected chi connectivity index (χ0v) is 18.2. The first-order valence-electron chi connectivity index (χ1n) is 11.0. The lowest BCUT2D eigenvalue weighted by Gasteiger charge is -2.32. The minimum atomic E-state index is 0.317. The molecule has 1 aliphatic carbocycles. The summed E-state index contributed by atoms with van der Waals surface area (Å²) in [5.41, 5.74) is 7.82. The van der Waals surface area contributed by atoms with Gasteiger partial charge in [-0.15, -0.1) is 0 Å². The third-order valence-corrected chi connectivity index (χ3v) is 6.96. The van der Waals surface area contributed by atoms with E-state index >= 15 is 0 Å². The molecule has 2 aromatic heterocycles. The van der Waals surface area contributed by atoms with E-state index in [1.807, 2.05) is 6.20 Å². The number of aryl methyl sites for hydroxylation is 2. The first kappa shape index (κ1) is 19.6. The van der Waals surface area contributed by atoms with Crippen molar-refractivity contribution in [1.29, 1.82) is 0 Å². The summed E-state index contributed by atoms with van der Waals surface area (Å²) >= 11 is 6.51. The smallest absolute Gasteiger partial charge is 0.0553 e. The lowest BCUT2D eigenvalue weighted by Crippen LogP contribution is -2.32. The number of rotatable bonds is 4. The van der Waals surface area contributed by atoms with E-state index < -0.39 is 0 Å². The van der Waals surface area contributed by atoms with Crippen LogP contribution in [0.2, 0.25) is 5.02 Å². The Labute approximate surface area is 183 Å². The first-order chi connectivity index (χ1) is 14.7. The zero-order chi connectivity index (χ0) is 20.5. The summed E-state index contributed by atoms with van der Waals surface area (Å²) in [7, 11) is 0. The molecule has 1 N–H and O–H groups in total. The molecule has 3 aromatic rings. The van der Waals surface area contributed by atoms with Crippen molar-refractivity contribution in [3.8, 4) is 0 Å². The van der Waals surface area contributed by atoms with Crippen LogP contribution >= 0.6 is 11.6 Å². The lowest BCUT2D eigenvalue weighted by molar-refractivity contribution is 0.339. The molecule has 0 saturated carbocycles. The molecule has 1 atom stereocenters. The van der Waals surface area contributed by atoms with Crippen LogP contribution in [0.1, 0.15) is 53.3 Å². The molecule has 154 valence electrons. The molecule has 2 aliphatic rings. The molecule has 1 aliphatic heterocycles. The van der Waals surface area contributed by atoms with Crippen LogP contribution in [0.15, 0.2) is 54.9 Å². The monoisotopic (exact) mass is 417 g/mol. The fourth-order valence-corrected chi connectivity index (χ4v) is 5.33. The van der Waals surface area contributed by atoms with Crippen molar-refractivity contribution < 1.29 is 0 Å². The van der Waals surface area contributed by atoms with Gasteiger partial charge < -0.3 is 9.88 Å². The molecule has 5 rings (SSSR count). The molecule has 0 amide bonds. The summed E-state index contributed by atoms with van der Waals surface area (Å²) in [5.74, 6) is 0.914. The van der Waals surface area contributed by atoms with Crippen molar-refractivity contribution in [2.24, 2.45) is 5.92 Å². The predicted octanol–water partition coefficient (Wildman–Crippen LogP) is 5.92. The Hall–Kier alpha value is -2.36. The van der Waals surface area contributed by atoms with E-state index in [4.69, 9.17) is 16.6 Å². The van der Waals surface area contributed by atoms with Gasteiger partial charge in [-0.3, -0.25) is 4.98 Å². The number of benzene rings is 1. The average Bonchev–Trinajstić information content (AvgIpc) is 3.12. The van der Waals surface area contributed by atoms with Crippen LogP contribution in [-0.2, 0) is 6.54 Å². The Kier molecular flexibility index (Phi) is 5.49. The Balaban J connectivity index is 1.61. The van der Waals surface area contributed by atoms with Gasteiger partial charge in [0.1, 0.15) is 0 Å². The van der Waals surface area contributed by atoms with E-state index in [0.717, 1.165) is 31.1 Å². The number of allylic oxidation sites excluding steroid dienone is 1. The Morgan fingerprint density at radius 2 is 2.00 bits per heavy atom. The molecule has 1 fully saturated rings. The van der Waals surface area contributed by atoms with Crippen molar-refractivity contribution in [3.05, 3.63) is 88.0 Å². The van der Waals surface area contributed by atoms with E-state index in [9.17, 15) is 0 Å². The highest BCUT2D eigenvalue weighted by atomic mass is 35.5. The van der Waals surface area contributed by atoms with Gasteiger partial charge in [-0.2, -0.15) is 0 Å². The summed E-state index contributed by atoms with van der Waals surface area (Å²) < 4.78 is 2.32. The molecule has 1 aromatic carbocycles. The third-order valence-electron chi connectivity index (χ3n) is 6.73. The minimum Gasteiger partial charge on any atom is -0.351 e. The second-order valence-electron chi connectivity index (χ2n) is 8.54. The van der Waals surface area contributed by atoms with Gasteiger partial charge in [0.2, 0.25) is 0 Å². The van der Waals surface area contributed by atoms with Gasteiger partial charge in [0.25, 0.3) is 0 Å². The highest BCUT2D eigenvalue weighted by molar-refractivity contribution is 6.30. The number of piperidine rings is 1. The van der Waals surface area contributed by atoms with Crippen LogP contribution in [0.25, 0.3) is 11.6 Å². The second-order valence-corrected chi connectivity index (χ2v) is 8.97. The molecule has 1 unspecified atom stereocenters. The standard InChI is InChI=1S/C26H28ClN3/c1-18-4-3-14-30(18)15-10-20-16-21-5-2-11-29-26(21)25(19-8-12-28-13-9-19)23-7-6-22(27)17-24(20)23/h2-7,11,14,16-17,19,25,28H,8-10,12-13,15H2,1H3. The largest absolute Gasteiger partial charge is 0.351 e. The number of nitrogens with one attached hydrogen (secondary N) is 1. The van der Waals surface area contributed by atoms with Gasteiger partial charge in [-0.1, -0.05) is 23.7 Å². The van der Waals surface area contributed by atoms with Crippen molar-refractivity contribution in [1.82, 2.24) is 14.9 Å². The maximum Gasteiger partial charge on any atom is 0.0553 e. The Morgan fingerprint density at radius 1 is 1.13 bits per heavy atom.